The number of ether oxygens (including phenoxy) is 1. The van der Waals surface area contributed by atoms with Crippen LogP contribution in [0.2, 0.25) is 0 Å². The zero-order chi connectivity index (χ0) is 13.0. The first-order chi connectivity index (χ1) is 7.95. The number of aliphatic carboxylic acids is 1. The van der Waals surface area contributed by atoms with E-state index in [9.17, 15) is 14.0 Å². The molecule has 4 nitrogen and oxygen atoms in total. The highest BCUT2D eigenvalue weighted by molar-refractivity contribution is 5.94. The zero-order valence-electron chi connectivity index (χ0n) is 9.57. The smallest absolute Gasteiger partial charge is 0.344 e. The maximum Gasteiger partial charge on any atom is 0.344 e. The van der Waals surface area contributed by atoms with Crippen molar-refractivity contribution < 1.29 is 23.8 Å². The summed E-state index contributed by atoms with van der Waals surface area (Å²) >= 11 is 0. The van der Waals surface area contributed by atoms with E-state index in [0.29, 0.717) is 0 Å². The van der Waals surface area contributed by atoms with Crippen LogP contribution in [0.4, 0.5) is 4.39 Å². The number of carbonyl (C=O) groups excluding carboxylic acids is 1. The summed E-state index contributed by atoms with van der Waals surface area (Å²) in [5, 5.41) is 8.77. The van der Waals surface area contributed by atoms with Crippen LogP contribution in [0, 0.1) is 5.82 Å². The van der Waals surface area contributed by atoms with Crippen molar-refractivity contribution in [2.45, 2.75) is 26.4 Å². The first-order valence-electron chi connectivity index (χ1n) is 5.15. The Hall–Kier alpha value is -1.91. The molecule has 0 aliphatic carbocycles. The van der Waals surface area contributed by atoms with E-state index >= 15 is 0 Å². The Morgan fingerprint density at radius 1 is 1.47 bits per heavy atom. The molecule has 1 rings (SSSR count). The van der Waals surface area contributed by atoms with Crippen molar-refractivity contribution in [3.8, 4) is 5.75 Å². The van der Waals surface area contributed by atoms with Gasteiger partial charge in [-0.25, -0.2) is 9.18 Å². The summed E-state index contributed by atoms with van der Waals surface area (Å²) in [6.07, 6.45) is -0.747. The number of ketones is 1. The molecule has 1 atom stereocenters. The molecule has 0 aliphatic heterocycles. The molecule has 0 bridgehead atoms. The highest BCUT2D eigenvalue weighted by Gasteiger charge is 2.17. The highest BCUT2D eigenvalue weighted by Crippen LogP contribution is 2.19. The van der Waals surface area contributed by atoms with Crippen LogP contribution in [0.5, 0.6) is 5.75 Å². The van der Waals surface area contributed by atoms with Crippen LogP contribution >= 0.6 is 0 Å². The number of hydrogen-bond acceptors (Lipinski definition) is 3. The summed E-state index contributed by atoms with van der Waals surface area (Å²) in [5.74, 6) is -2.11. The molecular weight excluding hydrogens is 227 g/mol. The molecule has 0 heterocycles. The number of carbonyl (C=O) groups is 2. The van der Waals surface area contributed by atoms with Crippen LogP contribution in [0.3, 0.4) is 0 Å². The summed E-state index contributed by atoms with van der Waals surface area (Å²) < 4.78 is 18.5. The minimum absolute atomic E-state index is 0.0410. The van der Waals surface area contributed by atoms with E-state index in [1.54, 1.807) is 6.92 Å². The molecule has 1 unspecified atom stereocenters. The summed E-state index contributed by atoms with van der Waals surface area (Å²) in [7, 11) is 0. The van der Waals surface area contributed by atoms with Gasteiger partial charge in [-0.2, -0.15) is 0 Å². The van der Waals surface area contributed by atoms with Crippen molar-refractivity contribution in [1.29, 1.82) is 0 Å². The standard InChI is InChI=1S/C12H13FO4/c1-3-11(12(15)16)17-8-4-5-9(7(2)14)10(13)6-8/h4-6,11H,3H2,1-2H3,(H,15,16). The lowest BCUT2D eigenvalue weighted by molar-refractivity contribution is -0.145. The van der Waals surface area contributed by atoms with Crippen LogP contribution in [-0.2, 0) is 4.79 Å². The number of Topliss-reactive ketones (excluding diaryl/α,β-unsaturated/α-hetero) is 1. The molecule has 92 valence electrons. The number of benzene rings is 1. The Morgan fingerprint density at radius 3 is 2.53 bits per heavy atom. The molecule has 0 aromatic heterocycles. The second-order valence-corrected chi connectivity index (χ2v) is 3.55. The maximum atomic E-state index is 13.4. The summed E-state index contributed by atoms with van der Waals surface area (Å²) in [6, 6.07) is 3.68. The van der Waals surface area contributed by atoms with Gasteiger partial charge in [0.05, 0.1) is 5.56 Å². The summed E-state index contributed by atoms with van der Waals surface area (Å²) in [4.78, 5) is 21.7. The van der Waals surface area contributed by atoms with Gasteiger partial charge >= 0.3 is 5.97 Å². The molecule has 1 aromatic rings. The lowest BCUT2D eigenvalue weighted by Gasteiger charge is -2.13. The van der Waals surface area contributed by atoms with E-state index in [4.69, 9.17) is 9.84 Å². The molecule has 17 heavy (non-hydrogen) atoms. The van der Waals surface area contributed by atoms with Gasteiger partial charge in [-0.1, -0.05) is 6.92 Å². The molecule has 5 heteroatoms. The summed E-state index contributed by atoms with van der Waals surface area (Å²) in [5.41, 5.74) is -0.0410. The number of hydrogen-bond donors (Lipinski definition) is 1. The molecule has 0 spiro atoms. The molecule has 0 radical (unpaired) electrons. The predicted octanol–water partition coefficient (Wildman–Crippen LogP) is 2.27. The Labute approximate surface area is 98.0 Å². The molecule has 1 aromatic carbocycles. The molecule has 0 aliphatic rings. The van der Waals surface area contributed by atoms with E-state index in [-0.39, 0.29) is 23.5 Å². The predicted molar refractivity (Wildman–Crippen MR) is 58.7 cm³/mol. The van der Waals surface area contributed by atoms with Gasteiger partial charge in [0.1, 0.15) is 11.6 Å². The second-order valence-electron chi connectivity index (χ2n) is 3.55. The van der Waals surface area contributed by atoms with Crippen LogP contribution in [0.15, 0.2) is 18.2 Å². The zero-order valence-corrected chi connectivity index (χ0v) is 9.57. The van der Waals surface area contributed by atoms with E-state index < -0.39 is 17.9 Å². The van der Waals surface area contributed by atoms with Gasteiger partial charge in [0.2, 0.25) is 0 Å². The maximum absolute atomic E-state index is 13.4. The Morgan fingerprint density at radius 2 is 2.12 bits per heavy atom. The topological polar surface area (TPSA) is 63.6 Å². The van der Waals surface area contributed by atoms with Gasteiger partial charge in [0.15, 0.2) is 11.9 Å². The third kappa shape index (κ3) is 3.27. The third-order valence-corrected chi connectivity index (χ3v) is 2.24. The Kier molecular flexibility index (Phi) is 4.20. The Bertz CT molecular complexity index is 442. The number of carboxylic acids is 1. The van der Waals surface area contributed by atoms with Crippen molar-refractivity contribution in [3.05, 3.63) is 29.6 Å². The first kappa shape index (κ1) is 13.2. The van der Waals surface area contributed by atoms with Gasteiger partial charge in [0, 0.05) is 6.07 Å². The van der Waals surface area contributed by atoms with Gasteiger partial charge in [-0.3, -0.25) is 4.79 Å². The van der Waals surface area contributed by atoms with Crippen LogP contribution in [0.25, 0.3) is 0 Å². The number of halogens is 1. The second kappa shape index (κ2) is 5.43. The van der Waals surface area contributed by atoms with E-state index in [0.717, 1.165) is 6.07 Å². The van der Waals surface area contributed by atoms with Crippen molar-refractivity contribution in [2.24, 2.45) is 0 Å². The van der Waals surface area contributed by atoms with E-state index in [2.05, 4.69) is 0 Å². The van der Waals surface area contributed by atoms with Gasteiger partial charge < -0.3 is 9.84 Å². The lowest BCUT2D eigenvalue weighted by Crippen LogP contribution is -2.26. The fourth-order valence-corrected chi connectivity index (χ4v) is 1.33. The molecule has 1 N–H and O–H groups in total. The number of rotatable bonds is 5. The fourth-order valence-electron chi connectivity index (χ4n) is 1.33. The van der Waals surface area contributed by atoms with Gasteiger partial charge in [-0.15, -0.1) is 0 Å². The van der Waals surface area contributed by atoms with Crippen molar-refractivity contribution >= 4 is 11.8 Å². The SMILES string of the molecule is CCC(Oc1ccc(C(C)=O)c(F)c1)C(=O)O. The quantitative estimate of drug-likeness (QED) is 0.802. The molecule has 0 fully saturated rings. The minimum Gasteiger partial charge on any atom is -0.479 e. The lowest BCUT2D eigenvalue weighted by atomic mass is 10.1. The minimum atomic E-state index is -1.11. The van der Waals surface area contributed by atoms with Crippen LogP contribution in [0.1, 0.15) is 30.6 Å². The molecule has 0 amide bonds. The third-order valence-electron chi connectivity index (χ3n) is 2.24. The van der Waals surface area contributed by atoms with Crippen molar-refractivity contribution in [2.75, 3.05) is 0 Å². The normalized spacial score (nSPS) is 11.9. The van der Waals surface area contributed by atoms with Crippen molar-refractivity contribution in [3.63, 3.8) is 0 Å². The number of carboxylic acid groups (broad SMARTS) is 1. The molecule has 0 saturated heterocycles. The monoisotopic (exact) mass is 240 g/mol. The fraction of sp³-hybridized carbons (Fsp3) is 0.333. The largest absolute Gasteiger partial charge is 0.479 e. The average Bonchev–Trinajstić information content (AvgIpc) is 2.24. The Balaban J connectivity index is 2.90. The van der Waals surface area contributed by atoms with Gasteiger partial charge in [-0.05, 0) is 25.5 Å². The summed E-state index contributed by atoms with van der Waals surface area (Å²) in [6.45, 7) is 2.91. The molecular formula is C12H13FO4. The van der Waals surface area contributed by atoms with E-state index in [1.807, 2.05) is 0 Å². The van der Waals surface area contributed by atoms with Crippen LogP contribution in [-0.4, -0.2) is 23.0 Å². The van der Waals surface area contributed by atoms with E-state index in [1.165, 1.54) is 19.1 Å². The molecule has 0 saturated carbocycles. The van der Waals surface area contributed by atoms with Crippen molar-refractivity contribution in [1.82, 2.24) is 0 Å². The first-order valence-corrected chi connectivity index (χ1v) is 5.15. The average molecular weight is 240 g/mol. The van der Waals surface area contributed by atoms with Crippen LogP contribution < -0.4 is 4.74 Å². The highest BCUT2D eigenvalue weighted by atomic mass is 19.1. The van der Waals surface area contributed by atoms with Gasteiger partial charge in [0.25, 0.3) is 0 Å².